The van der Waals surface area contributed by atoms with E-state index in [0.717, 1.165) is 25.7 Å². The third-order valence-electron chi connectivity index (χ3n) is 2.52. The summed E-state index contributed by atoms with van der Waals surface area (Å²) in [5.41, 5.74) is 0. The van der Waals surface area contributed by atoms with Gasteiger partial charge in [0, 0.05) is 25.7 Å². The Bertz CT molecular complexity index is 248. The van der Waals surface area contributed by atoms with Crippen molar-refractivity contribution in [3.8, 4) is 0 Å². The summed E-state index contributed by atoms with van der Waals surface area (Å²) in [7, 11) is 0. The molecule has 0 fully saturated rings. The lowest BCUT2D eigenvalue weighted by molar-refractivity contribution is 0.240. The first-order valence-corrected chi connectivity index (χ1v) is 4.77. The highest BCUT2D eigenvalue weighted by atomic mass is 16.5. The zero-order valence-electron chi connectivity index (χ0n) is 7.55. The van der Waals surface area contributed by atoms with Crippen molar-refractivity contribution in [3.05, 3.63) is 23.0 Å². The van der Waals surface area contributed by atoms with Gasteiger partial charge in [-0.1, -0.05) is 0 Å². The van der Waals surface area contributed by atoms with Crippen LogP contribution in [0.3, 0.4) is 0 Å². The van der Waals surface area contributed by atoms with Crippen LogP contribution < -0.4 is 0 Å². The van der Waals surface area contributed by atoms with E-state index >= 15 is 0 Å². The smallest absolute Gasteiger partial charge is 0.141 e. The molecule has 0 atom stereocenters. The van der Waals surface area contributed by atoms with E-state index in [9.17, 15) is 10.2 Å². The van der Waals surface area contributed by atoms with Crippen molar-refractivity contribution in [3.63, 3.8) is 0 Å². The van der Waals surface area contributed by atoms with Gasteiger partial charge in [-0.3, -0.25) is 0 Å². The highest BCUT2D eigenvalue weighted by molar-refractivity contribution is 5.14. The van der Waals surface area contributed by atoms with Crippen LogP contribution in [0.1, 0.15) is 38.5 Å². The fraction of sp³-hybridized carbons (Fsp3) is 0.600. The lowest BCUT2D eigenvalue weighted by Crippen LogP contribution is -1.93. The van der Waals surface area contributed by atoms with Gasteiger partial charge in [0.2, 0.25) is 0 Å². The van der Waals surface area contributed by atoms with Crippen LogP contribution >= 0.6 is 0 Å². The van der Waals surface area contributed by atoms with Crippen molar-refractivity contribution in [2.45, 2.75) is 38.5 Å². The molecule has 0 spiro atoms. The molecule has 3 heteroatoms. The van der Waals surface area contributed by atoms with Crippen LogP contribution in [0.5, 0.6) is 0 Å². The van der Waals surface area contributed by atoms with Gasteiger partial charge in [0.25, 0.3) is 0 Å². The minimum Gasteiger partial charge on any atom is -0.509 e. The van der Waals surface area contributed by atoms with Gasteiger partial charge in [0.05, 0.1) is 0 Å². The van der Waals surface area contributed by atoms with E-state index < -0.39 is 0 Å². The van der Waals surface area contributed by atoms with E-state index in [2.05, 4.69) is 0 Å². The molecular formula is C10H14O3. The van der Waals surface area contributed by atoms with Gasteiger partial charge in [-0.25, -0.2) is 0 Å². The van der Waals surface area contributed by atoms with Gasteiger partial charge in [-0.05, 0) is 12.8 Å². The SMILES string of the molecule is OC1=C(OC2=C(O)CCC2)CCC1. The van der Waals surface area contributed by atoms with Crippen LogP contribution in [0.2, 0.25) is 0 Å². The van der Waals surface area contributed by atoms with E-state index in [-0.39, 0.29) is 0 Å². The first kappa shape index (κ1) is 8.48. The van der Waals surface area contributed by atoms with Crippen LogP contribution in [0.4, 0.5) is 0 Å². The Kier molecular flexibility index (Phi) is 2.17. The first-order chi connectivity index (χ1) is 6.27. The minimum absolute atomic E-state index is 0.354. The fourth-order valence-corrected chi connectivity index (χ4v) is 1.77. The van der Waals surface area contributed by atoms with Crippen LogP contribution in [-0.2, 0) is 4.74 Å². The Morgan fingerprint density at radius 3 is 1.54 bits per heavy atom. The van der Waals surface area contributed by atoms with E-state index in [1.807, 2.05) is 0 Å². The molecule has 2 rings (SSSR count). The van der Waals surface area contributed by atoms with Crippen LogP contribution in [0.25, 0.3) is 0 Å². The molecule has 0 radical (unpaired) electrons. The summed E-state index contributed by atoms with van der Waals surface area (Å²) in [6, 6.07) is 0. The van der Waals surface area contributed by atoms with E-state index in [1.165, 1.54) is 0 Å². The highest BCUT2D eigenvalue weighted by Crippen LogP contribution is 2.32. The van der Waals surface area contributed by atoms with Crippen molar-refractivity contribution < 1.29 is 14.9 Å². The molecule has 72 valence electrons. The second-order valence-electron chi connectivity index (χ2n) is 3.55. The molecule has 0 saturated carbocycles. The second-order valence-corrected chi connectivity index (χ2v) is 3.55. The summed E-state index contributed by atoms with van der Waals surface area (Å²) in [5.74, 6) is 2.02. The number of hydrogen-bond acceptors (Lipinski definition) is 3. The molecule has 13 heavy (non-hydrogen) atoms. The Hall–Kier alpha value is -1.12. The van der Waals surface area contributed by atoms with Crippen LogP contribution in [0.15, 0.2) is 23.0 Å². The predicted molar refractivity (Wildman–Crippen MR) is 48.1 cm³/mol. The molecule has 0 aromatic carbocycles. The van der Waals surface area contributed by atoms with E-state index in [4.69, 9.17) is 4.74 Å². The zero-order chi connectivity index (χ0) is 9.26. The minimum atomic E-state index is 0.354. The number of rotatable bonds is 2. The third-order valence-corrected chi connectivity index (χ3v) is 2.52. The van der Waals surface area contributed by atoms with Gasteiger partial charge in [0.15, 0.2) is 0 Å². The van der Waals surface area contributed by atoms with Gasteiger partial charge in [-0.2, -0.15) is 0 Å². The molecule has 0 aromatic heterocycles. The zero-order valence-corrected chi connectivity index (χ0v) is 7.55. The quantitative estimate of drug-likeness (QED) is 0.690. The first-order valence-electron chi connectivity index (χ1n) is 4.77. The number of aliphatic hydroxyl groups is 2. The second kappa shape index (κ2) is 3.32. The number of hydrogen-bond donors (Lipinski definition) is 2. The van der Waals surface area contributed by atoms with Crippen LogP contribution in [-0.4, -0.2) is 10.2 Å². The summed E-state index contributed by atoms with van der Waals surface area (Å²) >= 11 is 0. The molecule has 0 heterocycles. The molecule has 0 bridgehead atoms. The van der Waals surface area contributed by atoms with Gasteiger partial charge in [0.1, 0.15) is 23.0 Å². The lowest BCUT2D eigenvalue weighted by Gasteiger charge is -2.07. The molecule has 0 unspecified atom stereocenters. The maximum absolute atomic E-state index is 9.39. The summed E-state index contributed by atoms with van der Waals surface area (Å²) in [5, 5.41) is 18.8. The maximum Gasteiger partial charge on any atom is 0.141 e. The molecule has 0 amide bonds. The summed E-state index contributed by atoms with van der Waals surface area (Å²) in [4.78, 5) is 0. The molecule has 0 saturated heterocycles. The fourth-order valence-electron chi connectivity index (χ4n) is 1.77. The molecule has 0 aliphatic heterocycles. The van der Waals surface area contributed by atoms with Crippen molar-refractivity contribution in [1.29, 1.82) is 0 Å². The van der Waals surface area contributed by atoms with E-state index in [0.29, 0.717) is 35.9 Å². The Morgan fingerprint density at radius 1 is 0.769 bits per heavy atom. The standard InChI is InChI=1S/C10H14O3/c11-7-3-1-5-9(7)13-10-6-2-4-8(10)12/h11-12H,1-6H2. The number of allylic oxidation sites excluding steroid dienone is 4. The molecular weight excluding hydrogens is 168 g/mol. The summed E-state index contributed by atoms with van der Waals surface area (Å²) < 4.78 is 5.46. The largest absolute Gasteiger partial charge is 0.509 e. The normalized spacial score (nSPS) is 23.1. The van der Waals surface area contributed by atoms with Gasteiger partial charge < -0.3 is 14.9 Å². The molecule has 0 aromatic rings. The number of ether oxygens (including phenoxy) is 1. The van der Waals surface area contributed by atoms with Crippen molar-refractivity contribution in [1.82, 2.24) is 0 Å². The predicted octanol–water partition coefficient (Wildman–Crippen LogP) is 2.91. The molecule has 2 N–H and O–H groups in total. The van der Waals surface area contributed by atoms with Gasteiger partial charge in [-0.15, -0.1) is 0 Å². The van der Waals surface area contributed by atoms with E-state index in [1.54, 1.807) is 0 Å². The Labute approximate surface area is 77.3 Å². The topological polar surface area (TPSA) is 49.7 Å². The average Bonchev–Trinajstić information content (AvgIpc) is 2.65. The van der Waals surface area contributed by atoms with Gasteiger partial charge >= 0.3 is 0 Å². The van der Waals surface area contributed by atoms with Crippen molar-refractivity contribution in [2.24, 2.45) is 0 Å². The molecule has 3 nitrogen and oxygen atoms in total. The Morgan fingerprint density at radius 2 is 1.23 bits per heavy atom. The van der Waals surface area contributed by atoms with Crippen molar-refractivity contribution in [2.75, 3.05) is 0 Å². The lowest BCUT2D eigenvalue weighted by atomic mass is 10.3. The maximum atomic E-state index is 9.39. The molecule has 2 aliphatic carbocycles. The molecule has 2 aliphatic rings. The summed E-state index contributed by atoms with van der Waals surface area (Å²) in [6.07, 6.45) is 4.92. The Balaban J connectivity index is 2.05. The monoisotopic (exact) mass is 182 g/mol. The third kappa shape index (κ3) is 1.64. The van der Waals surface area contributed by atoms with Crippen LogP contribution in [0, 0.1) is 0 Å². The van der Waals surface area contributed by atoms with Crippen molar-refractivity contribution >= 4 is 0 Å². The highest BCUT2D eigenvalue weighted by Gasteiger charge is 2.21. The number of aliphatic hydroxyl groups excluding tert-OH is 2. The summed E-state index contributed by atoms with van der Waals surface area (Å²) in [6.45, 7) is 0. The average molecular weight is 182 g/mol.